The first-order chi connectivity index (χ1) is 8.26. The van der Waals surface area contributed by atoms with Crippen molar-refractivity contribution < 1.29 is 14.6 Å². The van der Waals surface area contributed by atoms with Crippen LogP contribution in [0.15, 0.2) is 18.2 Å². The van der Waals surface area contributed by atoms with Gasteiger partial charge in [0.2, 0.25) is 0 Å². The molecular formula is C13H19NO3. The number of ether oxygens (including phenoxy) is 2. The summed E-state index contributed by atoms with van der Waals surface area (Å²) >= 11 is 0. The van der Waals surface area contributed by atoms with Crippen molar-refractivity contribution >= 4 is 0 Å². The molecule has 1 aliphatic heterocycles. The Hall–Kier alpha value is -1.26. The van der Waals surface area contributed by atoms with Crippen LogP contribution in [0.2, 0.25) is 0 Å². The minimum Gasteiger partial charge on any atom is -0.493 e. The van der Waals surface area contributed by atoms with Gasteiger partial charge in [-0.2, -0.15) is 0 Å². The van der Waals surface area contributed by atoms with Crippen LogP contribution in [0.25, 0.3) is 0 Å². The third-order valence-corrected chi connectivity index (χ3v) is 3.19. The van der Waals surface area contributed by atoms with E-state index in [9.17, 15) is 5.11 Å². The summed E-state index contributed by atoms with van der Waals surface area (Å²) in [6.45, 7) is 0.941. The van der Waals surface area contributed by atoms with Gasteiger partial charge in [0, 0.05) is 0 Å². The standard InChI is InChI=1S/C13H19NO3/c1-16-11-6-5-9(8-12(11)17-2)13-10(15)4-3-7-14-13/h5-6,8,10,13-15H,3-4,7H2,1-2H3/t10-,13-/m1/s1. The molecule has 0 saturated carbocycles. The first-order valence-electron chi connectivity index (χ1n) is 5.89. The Labute approximate surface area is 102 Å². The zero-order chi connectivity index (χ0) is 12.3. The van der Waals surface area contributed by atoms with Crippen LogP contribution in [0, 0.1) is 0 Å². The first-order valence-corrected chi connectivity index (χ1v) is 5.89. The van der Waals surface area contributed by atoms with Gasteiger partial charge in [0.15, 0.2) is 11.5 Å². The van der Waals surface area contributed by atoms with Crippen molar-refractivity contribution in [3.63, 3.8) is 0 Å². The van der Waals surface area contributed by atoms with Crippen molar-refractivity contribution in [2.75, 3.05) is 20.8 Å². The fourth-order valence-corrected chi connectivity index (χ4v) is 2.26. The second kappa shape index (κ2) is 5.38. The topological polar surface area (TPSA) is 50.7 Å². The van der Waals surface area contributed by atoms with Crippen molar-refractivity contribution in [1.29, 1.82) is 0 Å². The molecule has 2 rings (SSSR count). The van der Waals surface area contributed by atoms with Gasteiger partial charge in [-0.15, -0.1) is 0 Å². The van der Waals surface area contributed by atoms with Crippen LogP contribution in [-0.4, -0.2) is 32.0 Å². The molecule has 0 aliphatic carbocycles. The zero-order valence-electron chi connectivity index (χ0n) is 10.3. The second-order valence-corrected chi connectivity index (χ2v) is 4.26. The Kier molecular flexibility index (Phi) is 3.86. The van der Waals surface area contributed by atoms with Gasteiger partial charge < -0.3 is 19.9 Å². The molecule has 0 aromatic heterocycles. The molecule has 1 fully saturated rings. The number of aliphatic hydroxyl groups excluding tert-OH is 1. The highest BCUT2D eigenvalue weighted by atomic mass is 16.5. The molecule has 0 amide bonds. The minimum absolute atomic E-state index is 0.0106. The predicted octanol–water partition coefficient (Wildman–Crippen LogP) is 1.49. The van der Waals surface area contributed by atoms with Crippen LogP contribution >= 0.6 is 0 Å². The molecule has 2 N–H and O–H groups in total. The van der Waals surface area contributed by atoms with E-state index in [1.54, 1.807) is 14.2 Å². The maximum absolute atomic E-state index is 9.98. The van der Waals surface area contributed by atoms with Crippen LogP contribution in [-0.2, 0) is 0 Å². The van der Waals surface area contributed by atoms with Crippen molar-refractivity contribution in [3.8, 4) is 11.5 Å². The fourth-order valence-electron chi connectivity index (χ4n) is 2.26. The average Bonchev–Trinajstić information content (AvgIpc) is 2.38. The van der Waals surface area contributed by atoms with Gasteiger partial charge in [0.25, 0.3) is 0 Å². The monoisotopic (exact) mass is 237 g/mol. The molecule has 0 unspecified atom stereocenters. The molecule has 1 heterocycles. The van der Waals surface area contributed by atoms with E-state index in [1.165, 1.54) is 0 Å². The zero-order valence-corrected chi connectivity index (χ0v) is 10.3. The molecule has 1 saturated heterocycles. The van der Waals surface area contributed by atoms with Gasteiger partial charge in [0.05, 0.1) is 26.4 Å². The number of aliphatic hydroxyl groups is 1. The number of hydrogen-bond acceptors (Lipinski definition) is 4. The van der Waals surface area contributed by atoms with Crippen molar-refractivity contribution in [3.05, 3.63) is 23.8 Å². The van der Waals surface area contributed by atoms with E-state index in [4.69, 9.17) is 9.47 Å². The van der Waals surface area contributed by atoms with Gasteiger partial charge in [-0.05, 0) is 37.1 Å². The molecular weight excluding hydrogens is 218 g/mol. The van der Waals surface area contributed by atoms with Gasteiger partial charge in [-0.3, -0.25) is 0 Å². The Morgan fingerprint density at radius 3 is 2.65 bits per heavy atom. The third-order valence-electron chi connectivity index (χ3n) is 3.19. The Bertz CT molecular complexity index is 381. The van der Waals surface area contributed by atoms with Gasteiger partial charge in [-0.1, -0.05) is 6.07 Å². The molecule has 0 spiro atoms. The number of hydrogen-bond donors (Lipinski definition) is 2. The molecule has 2 atom stereocenters. The van der Waals surface area contributed by atoms with E-state index in [2.05, 4.69) is 5.32 Å². The molecule has 1 aliphatic rings. The molecule has 17 heavy (non-hydrogen) atoms. The largest absolute Gasteiger partial charge is 0.493 e. The van der Waals surface area contributed by atoms with Crippen LogP contribution in [0.4, 0.5) is 0 Å². The van der Waals surface area contributed by atoms with Crippen LogP contribution < -0.4 is 14.8 Å². The highest BCUT2D eigenvalue weighted by Gasteiger charge is 2.24. The lowest BCUT2D eigenvalue weighted by Gasteiger charge is -2.29. The van der Waals surface area contributed by atoms with E-state index in [0.717, 1.165) is 24.9 Å². The molecule has 94 valence electrons. The van der Waals surface area contributed by atoms with E-state index in [0.29, 0.717) is 11.5 Å². The summed E-state index contributed by atoms with van der Waals surface area (Å²) in [7, 11) is 3.23. The number of rotatable bonds is 3. The average molecular weight is 237 g/mol. The fraction of sp³-hybridized carbons (Fsp3) is 0.538. The highest BCUT2D eigenvalue weighted by Crippen LogP contribution is 2.32. The maximum atomic E-state index is 9.98. The summed E-state index contributed by atoms with van der Waals surface area (Å²) in [5.74, 6) is 1.41. The lowest BCUT2D eigenvalue weighted by atomic mass is 9.94. The molecule has 1 aromatic carbocycles. The first kappa shape index (κ1) is 12.2. The Morgan fingerprint density at radius 2 is 2.00 bits per heavy atom. The van der Waals surface area contributed by atoms with E-state index >= 15 is 0 Å². The predicted molar refractivity (Wildman–Crippen MR) is 65.5 cm³/mol. The Morgan fingerprint density at radius 1 is 1.24 bits per heavy atom. The maximum Gasteiger partial charge on any atom is 0.161 e. The summed E-state index contributed by atoms with van der Waals surface area (Å²) in [6, 6.07) is 5.75. The van der Waals surface area contributed by atoms with E-state index < -0.39 is 0 Å². The summed E-state index contributed by atoms with van der Waals surface area (Å²) in [5.41, 5.74) is 1.04. The number of benzene rings is 1. The van der Waals surface area contributed by atoms with Gasteiger partial charge >= 0.3 is 0 Å². The smallest absolute Gasteiger partial charge is 0.161 e. The minimum atomic E-state index is -0.332. The Balaban J connectivity index is 2.25. The SMILES string of the molecule is COc1ccc([C@H]2NCCC[C@H]2O)cc1OC. The molecule has 4 nitrogen and oxygen atoms in total. The normalized spacial score (nSPS) is 24.4. The lowest BCUT2D eigenvalue weighted by Crippen LogP contribution is -2.37. The molecule has 0 radical (unpaired) electrons. The molecule has 0 bridgehead atoms. The van der Waals surface area contributed by atoms with Crippen molar-refractivity contribution in [2.45, 2.75) is 25.0 Å². The summed E-state index contributed by atoms with van der Waals surface area (Å²) < 4.78 is 10.5. The van der Waals surface area contributed by atoms with E-state index in [-0.39, 0.29) is 12.1 Å². The van der Waals surface area contributed by atoms with Crippen LogP contribution in [0.5, 0.6) is 11.5 Å². The number of methoxy groups -OCH3 is 2. The van der Waals surface area contributed by atoms with Gasteiger partial charge in [0.1, 0.15) is 0 Å². The number of nitrogens with one attached hydrogen (secondary N) is 1. The second-order valence-electron chi connectivity index (χ2n) is 4.26. The molecule has 4 heteroatoms. The summed E-state index contributed by atoms with van der Waals surface area (Å²) in [5, 5.41) is 13.3. The van der Waals surface area contributed by atoms with Crippen LogP contribution in [0.3, 0.4) is 0 Å². The van der Waals surface area contributed by atoms with E-state index in [1.807, 2.05) is 18.2 Å². The highest BCUT2D eigenvalue weighted by molar-refractivity contribution is 5.44. The summed E-state index contributed by atoms with van der Waals surface area (Å²) in [6.07, 6.45) is 1.53. The van der Waals surface area contributed by atoms with Crippen molar-refractivity contribution in [1.82, 2.24) is 5.32 Å². The van der Waals surface area contributed by atoms with Gasteiger partial charge in [-0.25, -0.2) is 0 Å². The lowest BCUT2D eigenvalue weighted by molar-refractivity contribution is 0.0964. The summed E-state index contributed by atoms with van der Waals surface area (Å²) in [4.78, 5) is 0. The number of piperidine rings is 1. The van der Waals surface area contributed by atoms with Crippen LogP contribution in [0.1, 0.15) is 24.4 Å². The van der Waals surface area contributed by atoms with Crippen molar-refractivity contribution in [2.24, 2.45) is 0 Å². The quantitative estimate of drug-likeness (QED) is 0.836. The third kappa shape index (κ3) is 2.53. The molecule has 1 aromatic rings.